The molecule has 0 saturated heterocycles. The van der Waals surface area contributed by atoms with Crippen LogP contribution in [0.3, 0.4) is 0 Å². The van der Waals surface area contributed by atoms with Crippen molar-refractivity contribution in [1.82, 2.24) is 4.98 Å². The van der Waals surface area contributed by atoms with Crippen LogP contribution in [0.5, 0.6) is 0 Å². The van der Waals surface area contributed by atoms with Crippen molar-refractivity contribution in [2.45, 2.75) is 26.2 Å². The number of halogens is 2. The molecule has 0 spiro atoms. The predicted octanol–water partition coefficient (Wildman–Crippen LogP) is 5.23. The highest BCUT2D eigenvalue weighted by molar-refractivity contribution is 9.10. The van der Waals surface area contributed by atoms with E-state index in [0.29, 0.717) is 5.92 Å². The van der Waals surface area contributed by atoms with Crippen LogP contribution in [-0.4, -0.2) is 4.98 Å². The number of nitrogens with zero attached hydrogens (tertiary/aromatic N) is 1. The van der Waals surface area contributed by atoms with Gasteiger partial charge in [-0.15, -0.1) is 11.3 Å². The number of hydrogen-bond donors (Lipinski definition) is 0. The first-order valence-corrected chi connectivity index (χ1v) is 7.20. The predicted molar refractivity (Wildman–Crippen MR) is 73.9 cm³/mol. The van der Waals surface area contributed by atoms with Crippen LogP contribution in [0.4, 0.5) is 4.39 Å². The molecule has 0 saturated carbocycles. The van der Waals surface area contributed by atoms with Gasteiger partial charge in [0.15, 0.2) is 0 Å². The van der Waals surface area contributed by atoms with Crippen LogP contribution >= 0.6 is 27.3 Å². The van der Waals surface area contributed by atoms with Gasteiger partial charge in [0.1, 0.15) is 10.8 Å². The first-order valence-electron chi connectivity index (χ1n) is 5.52. The number of hydrogen-bond acceptors (Lipinski definition) is 2. The zero-order valence-electron chi connectivity index (χ0n) is 9.71. The van der Waals surface area contributed by atoms with Crippen molar-refractivity contribution in [1.29, 1.82) is 0 Å². The first kappa shape index (κ1) is 12.7. The largest absolute Gasteiger partial charge is 0.241 e. The molecule has 1 aromatic carbocycles. The average Bonchev–Trinajstić information content (AvgIpc) is 2.80. The fraction of sp³-hybridized carbons (Fsp3) is 0.308. The zero-order valence-corrected chi connectivity index (χ0v) is 12.1. The van der Waals surface area contributed by atoms with Gasteiger partial charge in [-0.05, 0) is 30.5 Å². The quantitative estimate of drug-likeness (QED) is 0.756. The third-order valence-electron chi connectivity index (χ3n) is 2.80. The van der Waals surface area contributed by atoms with E-state index >= 15 is 0 Å². The normalized spacial score (nSPS) is 12.7. The molecule has 1 aromatic heterocycles. The van der Waals surface area contributed by atoms with E-state index in [1.54, 1.807) is 17.4 Å². The van der Waals surface area contributed by atoms with E-state index in [0.717, 1.165) is 27.2 Å². The molecule has 0 aliphatic heterocycles. The minimum absolute atomic E-state index is 0.233. The summed E-state index contributed by atoms with van der Waals surface area (Å²) >= 11 is 4.99. The Bertz CT molecular complexity index is 524. The minimum Gasteiger partial charge on any atom is -0.241 e. The highest BCUT2D eigenvalue weighted by Gasteiger charge is 2.12. The van der Waals surface area contributed by atoms with Crippen LogP contribution in [0.1, 0.15) is 31.9 Å². The summed E-state index contributed by atoms with van der Waals surface area (Å²) < 4.78 is 14.1. The second-order valence-electron chi connectivity index (χ2n) is 4.01. The van der Waals surface area contributed by atoms with E-state index in [9.17, 15) is 4.39 Å². The molecule has 1 atom stereocenters. The molecule has 0 aliphatic carbocycles. The van der Waals surface area contributed by atoms with Gasteiger partial charge in [-0.2, -0.15) is 0 Å². The van der Waals surface area contributed by atoms with Gasteiger partial charge in [0.05, 0.1) is 5.69 Å². The summed E-state index contributed by atoms with van der Waals surface area (Å²) in [6.07, 6.45) is 1.06. The number of benzene rings is 1. The van der Waals surface area contributed by atoms with Gasteiger partial charge >= 0.3 is 0 Å². The Morgan fingerprint density at radius 2 is 2.24 bits per heavy atom. The van der Waals surface area contributed by atoms with Crippen LogP contribution in [0.25, 0.3) is 10.6 Å². The lowest BCUT2D eigenvalue weighted by Gasteiger charge is -2.03. The molecule has 2 aromatic rings. The second-order valence-corrected chi connectivity index (χ2v) is 5.72. The summed E-state index contributed by atoms with van der Waals surface area (Å²) in [4.78, 5) is 4.58. The molecule has 1 nitrogen and oxygen atoms in total. The van der Waals surface area contributed by atoms with Gasteiger partial charge in [-0.3, -0.25) is 0 Å². The molecule has 1 unspecified atom stereocenters. The van der Waals surface area contributed by atoms with E-state index < -0.39 is 0 Å². The number of thiazole rings is 1. The van der Waals surface area contributed by atoms with Crippen molar-refractivity contribution in [3.63, 3.8) is 0 Å². The Hall–Kier alpha value is -0.740. The van der Waals surface area contributed by atoms with Crippen LogP contribution < -0.4 is 0 Å². The standard InChI is InChI=1S/C13H13BrFNS/c1-3-8(2)12-7-17-13(16-12)10-6-9(15)4-5-11(10)14/h4-8H,3H2,1-2H3. The Balaban J connectivity index is 2.40. The van der Waals surface area contributed by atoms with Crippen LogP contribution in [0, 0.1) is 5.82 Å². The summed E-state index contributed by atoms with van der Waals surface area (Å²) in [5.41, 5.74) is 1.91. The maximum Gasteiger partial charge on any atom is 0.124 e. The fourth-order valence-corrected chi connectivity index (χ4v) is 3.04. The summed E-state index contributed by atoms with van der Waals surface area (Å²) in [5.74, 6) is 0.218. The average molecular weight is 314 g/mol. The lowest BCUT2D eigenvalue weighted by molar-refractivity contribution is 0.628. The molecule has 0 radical (unpaired) electrons. The van der Waals surface area contributed by atoms with Crippen LogP contribution in [-0.2, 0) is 0 Å². The highest BCUT2D eigenvalue weighted by Crippen LogP contribution is 2.33. The van der Waals surface area contributed by atoms with E-state index in [1.165, 1.54) is 12.1 Å². The summed E-state index contributed by atoms with van der Waals surface area (Å²) in [7, 11) is 0. The van der Waals surface area contributed by atoms with Crippen molar-refractivity contribution < 1.29 is 4.39 Å². The molecule has 0 N–H and O–H groups in total. The van der Waals surface area contributed by atoms with Crippen molar-refractivity contribution in [2.24, 2.45) is 0 Å². The summed E-state index contributed by atoms with van der Waals surface area (Å²) in [6, 6.07) is 4.68. The van der Waals surface area contributed by atoms with Gasteiger partial charge in [0.2, 0.25) is 0 Å². The molecule has 0 fully saturated rings. The van der Waals surface area contributed by atoms with Crippen molar-refractivity contribution >= 4 is 27.3 Å². The fourth-order valence-electron chi connectivity index (χ4n) is 1.51. The van der Waals surface area contributed by atoms with Gasteiger partial charge in [0, 0.05) is 15.4 Å². The molecule has 0 amide bonds. The molecule has 17 heavy (non-hydrogen) atoms. The maximum atomic E-state index is 13.2. The molecular weight excluding hydrogens is 301 g/mol. The molecule has 4 heteroatoms. The molecule has 0 bridgehead atoms. The van der Waals surface area contributed by atoms with E-state index in [2.05, 4.69) is 40.1 Å². The van der Waals surface area contributed by atoms with Crippen molar-refractivity contribution in [2.75, 3.05) is 0 Å². The Morgan fingerprint density at radius 3 is 2.94 bits per heavy atom. The molecule has 1 heterocycles. The summed E-state index contributed by atoms with van der Waals surface area (Å²) in [5, 5.41) is 2.92. The lowest BCUT2D eigenvalue weighted by atomic mass is 10.1. The Morgan fingerprint density at radius 1 is 1.47 bits per heavy atom. The van der Waals surface area contributed by atoms with Crippen molar-refractivity contribution in [3.8, 4) is 10.6 Å². The Kier molecular flexibility index (Phi) is 3.94. The Labute approximate surface area is 113 Å². The second kappa shape index (κ2) is 5.27. The van der Waals surface area contributed by atoms with Gasteiger partial charge in [0.25, 0.3) is 0 Å². The van der Waals surface area contributed by atoms with E-state index in [-0.39, 0.29) is 5.82 Å². The first-order chi connectivity index (χ1) is 8.11. The van der Waals surface area contributed by atoms with E-state index in [4.69, 9.17) is 0 Å². The monoisotopic (exact) mass is 313 g/mol. The van der Waals surface area contributed by atoms with Gasteiger partial charge in [-0.1, -0.05) is 29.8 Å². The molecular formula is C13H13BrFNS. The van der Waals surface area contributed by atoms with Crippen LogP contribution in [0.2, 0.25) is 0 Å². The van der Waals surface area contributed by atoms with E-state index in [1.807, 2.05) is 0 Å². The topological polar surface area (TPSA) is 12.9 Å². The number of aromatic nitrogens is 1. The number of rotatable bonds is 3. The summed E-state index contributed by atoms with van der Waals surface area (Å²) in [6.45, 7) is 4.29. The lowest BCUT2D eigenvalue weighted by Crippen LogP contribution is -1.91. The highest BCUT2D eigenvalue weighted by atomic mass is 79.9. The van der Waals surface area contributed by atoms with Crippen LogP contribution in [0.15, 0.2) is 28.1 Å². The third kappa shape index (κ3) is 2.75. The maximum absolute atomic E-state index is 13.2. The SMILES string of the molecule is CCC(C)c1csc(-c2cc(F)ccc2Br)n1. The van der Waals surface area contributed by atoms with Gasteiger partial charge < -0.3 is 0 Å². The smallest absolute Gasteiger partial charge is 0.124 e. The third-order valence-corrected chi connectivity index (χ3v) is 4.38. The van der Waals surface area contributed by atoms with Gasteiger partial charge in [-0.25, -0.2) is 9.37 Å². The minimum atomic E-state index is -0.233. The molecule has 0 aliphatic rings. The molecule has 2 rings (SSSR count). The van der Waals surface area contributed by atoms with Crippen molar-refractivity contribution in [3.05, 3.63) is 39.6 Å². The molecule has 90 valence electrons. The zero-order chi connectivity index (χ0) is 12.4.